The van der Waals surface area contributed by atoms with Crippen molar-refractivity contribution >= 4 is 11.6 Å². The number of ether oxygens (including phenoxy) is 1. The van der Waals surface area contributed by atoms with Crippen molar-refractivity contribution in [1.29, 1.82) is 0 Å². The number of hydrogen-bond acceptors (Lipinski definition) is 4. The second-order valence-corrected chi connectivity index (χ2v) is 6.13. The number of primary amides is 1. The maximum Gasteiger partial charge on any atom is 0.270 e. The zero-order valence-corrected chi connectivity index (χ0v) is 15.0. The number of hydrogen-bond donors (Lipinski definition) is 1. The molecule has 1 amide bonds. The molecule has 0 radical (unpaired) electrons. The first-order valence-electron chi connectivity index (χ1n) is 8.28. The number of rotatable bonds is 6. The number of nitrogens with two attached hydrogens (primary N) is 1. The molecular formula is C20H19N3O4. The molecule has 0 saturated heterocycles. The molecule has 0 aliphatic heterocycles. The van der Waals surface area contributed by atoms with Crippen LogP contribution in [0.2, 0.25) is 0 Å². The van der Waals surface area contributed by atoms with Gasteiger partial charge in [-0.2, -0.15) is 0 Å². The normalized spacial score (nSPS) is 10.6. The Bertz CT molecular complexity index is 1010. The summed E-state index contributed by atoms with van der Waals surface area (Å²) in [5, 5.41) is 11.1. The molecule has 0 fully saturated rings. The number of nitro groups is 1. The lowest BCUT2D eigenvalue weighted by atomic mass is 10.1. The lowest BCUT2D eigenvalue weighted by Crippen LogP contribution is -2.12. The van der Waals surface area contributed by atoms with Crippen LogP contribution in [0.25, 0.3) is 11.3 Å². The van der Waals surface area contributed by atoms with E-state index in [1.54, 1.807) is 25.3 Å². The van der Waals surface area contributed by atoms with Crippen LogP contribution in [0.5, 0.6) is 5.75 Å². The first-order chi connectivity index (χ1) is 12.9. The van der Waals surface area contributed by atoms with Gasteiger partial charge in [0.25, 0.3) is 11.6 Å². The van der Waals surface area contributed by atoms with Crippen LogP contribution in [0.15, 0.2) is 54.6 Å². The summed E-state index contributed by atoms with van der Waals surface area (Å²) >= 11 is 0. The van der Waals surface area contributed by atoms with Gasteiger partial charge in [0.15, 0.2) is 0 Å². The summed E-state index contributed by atoms with van der Waals surface area (Å²) in [7, 11) is 1.60. The van der Waals surface area contributed by atoms with E-state index in [4.69, 9.17) is 10.5 Å². The van der Waals surface area contributed by atoms with E-state index in [2.05, 4.69) is 0 Å². The Morgan fingerprint density at radius 1 is 1.19 bits per heavy atom. The number of carbonyl (C=O) groups is 1. The highest BCUT2D eigenvalue weighted by atomic mass is 16.6. The van der Waals surface area contributed by atoms with Crippen molar-refractivity contribution in [3.05, 3.63) is 81.5 Å². The number of nitro benzene ring substituents is 1. The molecule has 1 aromatic heterocycles. The minimum absolute atomic E-state index is 0.0111. The van der Waals surface area contributed by atoms with E-state index in [-0.39, 0.29) is 5.69 Å². The average molecular weight is 365 g/mol. The highest BCUT2D eigenvalue weighted by Gasteiger charge is 2.18. The van der Waals surface area contributed by atoms with E-state index < -0.39 is 10.8 Å². The second-order valence-electron chi connectivity index (χ2n) is 6.13. The van der Waals surface area contributed by atoms with Crippen LogP contribution in [-0.2, 0) is 6.54 Å². The summed E-state index contributed by atoms with van der Waals surface area (Å²) in [5.74, 6) is 0.215. The predicted molar refractivity (Wildman–Crippen MR) is 102 cm³/mol. The van der Waals surface area contributed by atoms with E-state index in [1.165, 1.54) is 12.1 Å². The Morgan fingerprint density at radius 2 is 1.89 bits per heavy atom. The molecule has 2 aromatic carbocycles. The van der Waals surface area contributed by atoms with E-state index in [1.807, 2.05) is 35.8 Å². The van der Waals surface area contributed by atoms with Crippen LogP contribution in [0.3, 0.4) is 0 Å². The van der Waals surface area contributed by atoms with Crippen LogP contribution < -0.4 is 10.5 Å². The number of benzene rings is 2. The zero-order valence-electron chi connectivity index (χ0n) is 15.0. The van der Waals surface area contributed by atoms with Gasteiger partial charge in [-0.3, -0.25) is 14.9 Å². The zero-order chi connectivity index (χ0) is 19.6. The molecule has 0 unspecified atom stereocenters. The van der Waals surface area contributed by atoms with E-state index in [0.717, 1.165) is 11.3 Å². The van der Waals surface area contributed by atoms with Crippen LogP contribution in [0.4, 0.5) is 5.69 Å². The molecule has 2 N–H and O–H groups in total. The highest BCUT2D eigenvalue weighted by Crippen LogP contribution is 2.29. The topological polar surface area (TPSA) is 100 Å². The number of nitrogens with zero attached hydrogens (tertiary/aromatic N) is 2. The van der Waals surface area contributed by atoms with Crippen molar-refractivity contribution in [2.75, 3.05) is 7.11 Å². The van der Waals surface area contributed by atoms with Gasteiger partial charge < -0.3 is 15.0 Å². The lowest BCUT2D eigenvalue weighted by Gasteiger charge is -2.13. The maximum absolute atomic E-state index is 11.8. The molecule has 1 heterocycles. The van der Waals surface area contributed by atoms with Crippen LogP contribution in [-0.4, -0.2) is 22.5 Å². The van der Waals surface area contributed by atoms with Crippen molar-refractivity contribution < 1.29 is 14.5 Å². The van der Waals surface area contributed by atoms with Crippen molar-refractivity contribution in [2.24, 2.45) is 5.73 Å². The molecular weight excluding hydrogens is 346 g/mol. The summed E-state index contributed by atoms with van der Waals surface area (Å²) in [5.41, 5.74) is 8.94. The number of aromatic nitrogens is 1. The molecule has 138 valence electrons. The average Bonchev–Trinajstić information content (AvgIpc) is 2.99. The van der Waals surface area contributed by atoms with Gasteiger partial charge in [0, 0.05) is 35.6 Å². The fraction of sp³-hybridized carbons (Fsp3) is 0.150. The van der Waals surface area contributed by atoms with Gasteiger partial charge in [-0.15, -0.1) is 0 Å². The van der Waals surface area contributed by atoms with Crippen molar-refractivity contribution in [1.82, 2.24) is 4.57 Å². The molecule has 0 aliphatic carbocycles. The second kappa shape index (κ2) is 7.33. The third-order valence-corrected chi connectivity index (χ3v) is 4.48. The first-order valence-corrected chi connectivity index (χ1v) is 8.28. The minimum atomic E-state index is -0.535. The SMILES string of the molecule is COc1ccc(Cn2c(-c3cccc([N+](=O)[O-])c3)cc(C(N)=O)c2C)cc1. The van der Waals surface area contributed by atoms with E-state index in [0.29, 0.717) is 29.1 Å². The lowest BCUT2D eigenvalue weighted by molar-refractivity contribution is -0.384. The molecule has 0 spiro atoms. The standard InChI is InChI=1S/C20H19N3O4/c1-13-18(20(21)24)11-19(15-4-3-5-16(10-15)23(25)26)22(13)12-14-6-8-17(27-2)9-7-14/h3-11H,12H2,1-2H3,(H2,21,24). The van der Waals surface area contributed by atoms with Gasteiger partial charge >= 0.3 is 0 Å². The Labute approximate surface area is 156 Å². The van der Waals surface area contributed by atoms with E-state index >= 15 is 0 Å². The largest absolute Gasteiger partial charge is 0.497 e. The Balaban J connectivity index is 2.10. The molecule has 0 atom stereocenters. The molecule has 0 saturated carbocycles. The molecule has 3 aromatic rings. The minimum Gasteiger partial charge on any atom is -0.497 e. The Kier molecular flexibility index (Phi) is 4.94. The van der Waals surface area contributed by atoms with Gasteiger partial charge in [0.05, 0.1) is 17.6 Å². The molecule has 7 nitrogen and oxygen atoms in total. The predicted octanol–water partition coefficient (Wildman–Crippen LogP) is 3.53. The number of methoxy groups -OCH3 is 1. The quantitative estimate of drug-likeness (QED) is 0.533. The summed E-state index contributed by atoms with van der Waals surface area (Å²) in [6.45, 7) is 2.30. The van der Waals surface area contributed by atoms with Gasteiger partial charge in [-0.05, 0) is 30.7 Å². The number of carbonyl (C=O) groups excluding carboxylic acids is 1. The summed E-state index contributed by atoms with van der Waals surface area (Å²) in [6.07, 6.45) is 0. The van der Waals surface area contributed by atoms with Crippen molar-refractivity contribution in [3.63, 3.8) is 0 Å². The van der Waals surface area contributed by atoms with E-state index in [9.17, 15) is 14.9 Å². The van der Waals surface area contributed by atoms with Crippen LogP contribution in [0, 0.1) is 17.0 Å². The van der Waals surface area contributed by atoms with Crippen molar-refractivity contribution in [3.8, 4) is 17.0 Å². The number of amides is 1. The third-order valence-electron chi connectivity index (χ3n) is 4.48. The first kappa shape index (κ1) is 18.2. The summed E-state index contributed by atoms with van der Waals surface area (Å²) in [4.78, 5) is 22.5. The van der Waals surface area contributed by atoms with Gasteiger partial charge in [0.2, 0.25) is 0 Å². The van der Waals surface area contributed by atoms with Gasteiger partial charge in [0.1, 0.15) is 5.75 Å². The van der Waals surface area contributed by atoms with Crippen molar-refractivity contribution in [2.45, 2.75) is 13.5 Å². The highest BCUT2D eigenvalue weighted by molar-refractivity contribution is 5.95. The van der Waals surface area contributed by atoms with Crippen LogP contribution in [0.1, 0.15) is 21.6 Å². The fourth-order valence-electron chi connectivity index (χ4n) is 3.03. The molecule has 0 aliphatic rings. The maximum atomic E-state index is 11.8. The fourth-order valence-corrected chi connectivity index (χ4v) is 3.03. The molecule has 0 bridgehead atoms. The summed E-state index contributed by atoms with van der Waals surface area (Å²) in [6, 6.07) is 15.6. The van der Waals surface area contributed by atoms with Gasteiger partial charge in [-0.25, -0.2) is 0 Å². The third kappa shape index (κ3) is 3.67. The Morgan fingerprint density at radius 3 is 2.48 bits per heavy atom. The monoisotopic (exact) mass is 365 g/mol. The summed E-state index contributed by atoms with van der Waals surface area (Å²) < 4.78 is 7.11. The van der Waals surface area contributed by atoms with Gasteiger partial charge in [-0.1, -0.05) is 24.3 Å². The smallest absolute Gasteiger partial charge is 0.270 e. The molecule has 27 heavy (non-hydrogen) atoms. The Hall–Kier alpha value is -3.61. The molecule has 7 heteroatoms. The number of non-ortho nitro benzene ring substituents is 1. The molecule has 3 rings (SSSR count). The van der Waals surface area contributed by atoms with Crippen LogP contribution >= 0.6 is 0 Å².